The molecule has 1 aliphatic heterocycles. The van der Waals surface area contributed by atoms with E-state index in [1.807, 2.05) is 51.1 Å². The number of hydrogen-bond donors (Lipinski definition) is 1. The van der Waals surface area contributed by atoms with Gasteiger partial charge in [-0.3, -0.25) is 14.5 Å². The van der Waals surface area contributed by atoms with Crippen molar-refractivity contribution in [3.63, 3.8) is 0 Å². The van der Waals surface area contributed by atoms with E-state index in [-0.39, 0.29) is 43.1 Å². The Hall–Kier alpha value is -2.80. The van der Waals surface area contributed by atoms with E-state index < -0.39 is 11.8 Å². The van der Waals surface area contributed by atoms with Crippen molar-refractivity contribution in [1.82, 2.24) is 10.2 Å². The highest BCUT2D eigenvalue weighted by Gasteiger charge is 2.57. The SMILES string of the molecule is CCC(C)C(=O)CC(=O)N[C@@H](C)c1ccc(CN2CCc3cc(OC[C@@H]4CC4(F)F)ccc3C2)cc1. The summed E-state index contributed by atoms with van der Waals surface area (Å²) in [5.41, 5.74) is 4.66. The van der Waals surface area contributed by atoms with Crippen molar-refractivity contribution in [2.75, 3.05) is 13.2 Å². The lowest BCUT2D eigenvalue weighted by molar-refractivity contribution is -0.130. The molecular weight excluding hydrogens is 462 g/mol. The van der Waals surface area contributed by atoms with Crippen molar-refractivity contribution in [3.8, 4) is 5.75 Å². The third kappa shape index (κ3) is 6.69. The molecule has 5 nitrogen and oxygen atoms in total. The summed E-state index contributed by atoms with van der Waals surface area (Å²) in [6.07, 6.45) is 1.49. The minimum atomic E-state index is -2.55. The van der Waals surface area contributed by atoms with Gasteiger partial charge < -0.3 is 10.1 Å². The van der Waals surface area contributed by atoms with Crippen LogP contribution in [0.2, 0.25) is 0 Å². The van der Waals surface area contributed by atoms with Gasteiger partial charge in [0.05, 0.1) is 25.0 Å². The molecule has 0 spiro atoms. The monoisotopic (exact) mass is 498 g/mol. The Bertz CT molecular complexity index is 1090. The molecule has 1 N–H and O–H groups in total. The summed E-state index contributed by atoms with van der Waals surface area (Å²) in [6.45, 7) is 8.36. The summed E-state index contributed by atoms with van der Waals surface area (Å²) in [5, 5.41) is 2.93. The van der Waals surface area contributed by atoms with Crippen molar-refractivity contribution in [2.45, 2.75) is 71.5 Å². The second-order valence-corrected chi connectivity index (χ2v) is 10.3. The van der Waals surface area contributed by atoms with Gasteiger partial charge in [0.2, 0.25) is 5.91 Å². The number of hydrogen-bond acceptors (Lipinski definition) is 4. The van der Waals surface area contributed by atoms with Crippen molar-refractivity contribution < 1.29 is 23.1 Å². The van der Waals surface area contributed by atoms with E-state index in [9.17, 15) is 18.4 Å². The molecule has 2 aromatic rings. The fourth-order valence-electron chi connectivity index (χ4n) is 4.57. The summed E-state index contributed by atoms with van der Waals surface area (Å²) in [6, 6.07) is 14.0. The summed E-state index contributed by atoms with van der Waals surface area (Å²) in [4.78, 5) is 26.6. The molecule has 1 heterocycles. The summed E-state index contributed by atoms with van der Waals surface area (Å²) < 4.78 is 31.7. The van der Waals surface area contributed by atoms with Crippen molar-refractivity contribution >= 4 is 11.7 Å². The first-order valence-electron chi connectivity index (χ1n) is 12.9. The summed E-state index contributed by atoms with van der Waals surface area (Å²) >= 11 is 0. The standard InChI is InChI=1S/C29H36F2N2O3/c1-4-19(2)27(34)14-28(35)32-20(3)22-7-5-21(6-8-22)16-33-12-11-23-13-26(10-9-24(23)17-33)36-18-25-15-29(25,30)31/h5-10,13,19-20,25H,4,11-12,14-18H2,1-3H3,(H,32,35)/t19?,20-,25-/m0/s1. The molecule has 0 aromatic heterocycles. The molecule has 0 radical (unpaired) electrons. The number of halogens is 2. The van der Waals surface area contributed by atoms with Gasteiger partial charge in [-0.15, -0.1) is 0 Å². The molecular formula is C29H36F2N2O3. The number of nitrogens with zero attached hydrogens (tertiary/aromatic N) is 1. The van der Waals surface area contributed by atoms with Crippen LogP contribution in [0.3, 0.4) is 0 Å². The van der Waals surface area contributed by atoms with Crippen LogP contribution >= 0.6 is 0 Å². The largest absolute Gasteiger partial charge is 0.493 e. The van der Waals surface area contributed by atoms with E-state index >= 15 is 0 Å². The maximum atomic E-state index is 13.1. The molecule has 194 valence electrons. The van der Waals surface area contributed by atoms with Crippen LogP contribution in [0.25, 0.3) is 0 Å². The number of ketones is 1. The maximum Gasteiger partial charge on any atom is 0.255 e. The third-order valence-corrected chi connectivity index (χ3v) is 7.44. The first-order valence-corrected chi connectivity index (χ1v) is 12.9. The van der Waals surface area contributed by atoms with Crippen molar-refractivity contribution in [2.24, 2.45) is 11.8 Å². The fraction of sp³-hybridized carbons (Fsp3) is 0.517. The smallest absolute Gasteiger partial charge is 0.255 e. The number of carbonyl (C=O) groups excluding carboxylic acids is 2. The average molecular weight is 499 g/mol. The number of ether oxygens (including phenoxy) is 1. The molecule has 1 saturated carbocycles. The second-order valence-electron chi connectivity index (χ2n) is 10.3. The topological polar surface area (TPSA) is 58.6 Å². The van der Waals surface area contributed by atoms with Crippen LogP contribution < -0.4 is 10.1 Å². The van der Waals surface area contributed by atoms with Gasteiger partial charge in [0.1, 0.15) is 11.5 Å². The number of Topliss-reactive ketones (excluding diaryl/α,β-unsaturated/α-hetero) is 1. The first kappa shape index (κ1) is 26.3. The normalized spacial score (nSPS) is 20.2. The molecule has 0 saturated heterocycles. The van der Waals surface area contributed by atoms with Crippen molar-refractivity contribution in [3.05, 3.63) is 64.7 Å². The lowest BCUT2D eigenvalue weighted by Crippen LogP contribution is -2.30. The molecule has 7 heteroatoms. The van der Waals surface area contributed by atoms with E-state index in [4.69, 9.17) is 4.74 Å². The molecule has 1 fully saturated rings. The van der Waals surface area contributed by atoms with E-state index in [2.05, 4.69) is 22.3 Å². The van der Waals surface area contributed by atoms with Crippen LogP contribution in [0.5, 0.6) is 5.75 Å². The van der Waals surface area contributed by atoms with Gasteiger partial charge in [0.25, 0.3) is 5.92 Å². The Morgan fingerprint density at radius 1 is 1.14 bits per heavy atom. The quantitative estimate of drug-likeness (QED) is 0.418. The van der Waals surface area contributed by atoms with Crippen LogP contribution in [-0.4, -0.2) is 35.7 Å². The molecule has 2 aliphatic rings. The molecule has 3 atom stereocenters. The first-order chi connectivity index (χ1) is 17.1. The number of benzene rings is 2. The molecule has 1 unspecified atom stereocenters. The lowest BCUT2D eigenvalue weighted by atomic mass is 9.98. The number of nitrogens with one attached hydrogen (secondary N) is 1. The van der Waals surface area contributed by atoms with E-state index in [0.29, 0.717) is 5.75 Å². The van der Waals surface area contributed by atoms with Crippen molar-refractivity contribution in [1.29, 1.82) is 0 Å². The van der Waals surface area contributed by atoms with Gasteiger partial charge in [0.15, 0.2) is 0 Å². The zero-order valence-electron chi connectivity index (χ0n) is 21.4. The molecule has 1 aliphatic carbocycles. The minimum Gasteiger partial charge on any atom is -0.493 e. The Labute approximate surface area is 212 Å². The predicted octanol–water partition coefficient (Wildman–Crippen LogP) is 5.46. The van der Waals surface area contributed by atoms with Crippen LogP contribution in [0.15, 0.2) is 42.5 Å². The van der Waals surface area contributed by atoms with Gasteiger partial charge in [0, 0.05) is 32.0 Å². The number of carbonyl (C=O) groups is 2. The second kappa shape index (κ2) is 11.1. The zero-order chi connectivity index (χ0) is 25.9. The van der Waals surface area contributed by atoms with E-state index in [1.54, 1.807) is 0 Å². The number of amides is 1. The molecule has 2 aromatic carbocycles. The number of fused-ring (bicyclic) bond motifs is 1. The average Bonchev–Trinajstić information content (AvgIpc) is 3.48. The molecule has 4 rings (SSSR count). The molecule has 36 heavy (non-hydrogen) atoms. The Balaban J connectivity index is 1.25. The van der Waals surface area contributed by atoms with Gasteiger partial charge in [-0.1, -0.05) is 44.2 Å². The van der Waals surface area contributed by atoms with E-state index in [1.165, 1.54) is 16.7 Å². The predicted molar refractivity (Wildman–Crippen MR) is 135 cm³/mol. The lowest BCUT2D eigenvalue weighted by Gasteiger charge is -2.29. The Morgan fingerprint density at radius 3 is 2.53 bits per heavy atom. The van der Waals surface area contributed by atoms with Gasteiger partial charge in [-0.05, 0) is 54.2 Å². The number of rotatable bonds is 11. The fourth-order valence-corrected chi connectivity index (χ4v) is 4.57. The summed E-state index contributed by atoms with van der Waals surface area (Å²) in [5.74, 6) is -2.87. The van der Waals surface area contributed by atoms with Gasteiger partial charge >= 0.3 is 0 Å². The highest BCUT2D eigenvalue weighted by Crippen LogP contribution is 2.48. The van der Waals surface area contributed by atoms with Gasteiger partial charge in [-0.2, -0.15) is 0 Å². The Kier molecular flexibility index (Phi) is 8.08. The van der Waals surface area contributed by atoms with Crippen LogP contribution in [-0.2, 0) is 29.1 Å². The maximum absolute atomic E-state index is 13.1. The van der Waals surface area contributed by atoms with Crippen LogP contribution in [0.1, 0.15) is 68.3 Å². The summed E-state index contributed by atoms with van der Waals surface area (Å²) in [7, 11) is 0. The minimum absolute atomic E-state index is 0.0210. The highest BCUT2D eigenvalue weighted by atomic mass is 19.3. The van der Waals surface area contributed by atoms with Crippen LogP contribution in [0, 0.1) is 11.8 Å². The van der Waals surface area contributed by atoms with Gasteiger partial charge in [-0.25, -0.2) is 8.78 Å². The van der Waals surface area contributed by atoms with E-state index in [0.717, 1.165) is 38.0 Å². The number of alkyl halides is 2. The molecule has 1 amide bonds. The Morgan fingerprint density at radius 2 is 1.86 bits per heavy atom. The third-order valence-electron chi connectivity index (χ3n) is 7.44. The zero-order valence-corrected chi connectivity index (χ0v) is 21.4. The van der Waals surface area contributed by atoms with Crippen LogP contribution in [0.4, 0.5) is 8.78 Å². The highest BCUT2D eigenvalue weighted by molar-refractivity contribution is 5.99. The molecule has 0 bridgehead atoms.